The Morgan fingerprint density at radius 3 is 2.57 bits per heavy atom. The molecule has 0 aromatic heterocycles. The average Bonchev–Trinajstić information content (AvgIpc) is 2.75. The van der Waals surface area contributed by atoms with Gasteiger partial charge in [0, 0.05) is 30.7 Å². The maximum absolute atomic E-state index is 12.7. The number of rotatable bonds is 6. The zero-order valence-electron chi connectivity index (χ0n) is 16.5. The molecule has 0 N–H and O–H groups in total. The lowest BCUT2D eigenvalue weighted by Gasteiger charge is -2.42. The Morgan fingerprint density at radius 1 is 1.18 bits per heavy atom. The first-order chi connectivity index (χ1) is 13.7. The van der Waals surface area contributed by atoms with Crippen molar-refractivity contribution in [3.63, 3.8) is 0 Å². The molecule has 1 fully saturated rings. The van der Waals surface area contributed by atoms with Gasteiger partial charge in [0.05, 0.1) is 5.56 Å². The highest BCUT2D eigenvalue weighted by molar-refractivity contribution is 5.93. The first-order valence-electron chi connectivity index (χ1n) is 9.98. The van der Waals surface area contributed by atoms with E-state index in [9.17, 15) is 10.1 Å². The van der Waals surface area contributed by atoms with Crippen LogP contribution in [0.2, 0.25) is 0 Å². The molecule has 1 aliphatic rings. The number of piperidine rings is 1. The molecule has 2 unspecified atom stereocenters. The minimum absolute atomic E-state index is 0.144. The number of hydrogen-bond acceptors (Lipinski definition) is 4. The third-order valence-corrected chi connectivity index (χ3v) is 5.30. The number of anilines is 1. The first-order valence-corrected chi connectivity index (χ1v) is 9.98. The minimum atomic E-state index is 0.144. The van der Waals surface area contributed by atoms with Gasteiger partial charge in [-0.05, 0) is 43.5 Å². The summed E-state index contributed by atoms with van der Waals surface area (Å²) in [5.74, 6) is 0.738. The number of hydroxylamine groups is 2. The molecule has 1 aliphatic heterocycles. The summed E-state index contributed by atoms with van der Waals surface area (Å²) in [6, 6.07) is 19.7. The van der Waals surface area contributed by atoms with E-state index in [1.54, 1.807) is 6.07 Å². The summed E-state index contributed by atoms with van der Waals surface area (Å²) in [5.41, 5.74) is 1.49. The van der Waals surface area contributed by atoms with Crippen LogP contribution in [0.15, 0.2) is 54.6 Å². The normalized spacial score (nSPS) is 19.6. The minimum Gasteiger partial charge on any atom is -0.404 e. The molecule has 2 aromatic carbocycles. The molecule has 5 heteroatoms. The van der Waals surface area contributed by atoms with Crippen molar-refractivity contribution >= 4 is 11.6 Å². The van der Waals surface area contributed by atoms with E-state index in [1.807, 2.05) is 65.4 Å². The second kappa shape index (κ2) is 9.38. The predicted octanol–water partition coefficient (Wildman–Crippen LogP) is 4.54. The topological polar surface area (TPSA) is 56.6 Å². The summed E-state index contributed by atoms with van der Waals surface area (Å²) >= 11 is 0. The van der Waals surface area contributed by atoms with Crippen molar-refractivity contribution in [1.82, 2.24) is 5.06 Å². The van der Waals surface area contributed by atoms with Crippen LogP contribution in [0, 0.1) is 11.3 Å². The lowest BCUT2D eigenvalue weighted by molar-refractivity contribution is -0.125. The van der Waals surface area contributed by atoms with Crippen LogP contribution in [-0.2, 0) is 4.79 Å². The fraction of sp³-hybridized carbons (Fsp3) is 0.391. The number of benzene rings is 2. The molecule has 1 amide bonds. The fourth-order valence-electron chi connectivity index (χ4n) is 3.82. The van der Waals surface area contributed by atoms with E-state index >= 15 is 0 Å². The Balaban J connectivity index is 1.77. The highest BCUT2D eigenvalue weighted by atomic mass is 16.7. The van der Waals surface area contributed by atoms with Crippen molar-refractivity contribution in [2.75, 3.05) is 11.4 Å². The number of hydrogen-bond donors (Lipinski definition) is 0. The number of nitriles is 1. The van der Waals surface area contributed by atoms with E-state index < -0.39 is 0 Å². The van der Waals surface area contributed by atoms with Crippen LogP contribution < -0.4 is 9.74 Å². The van der Waals surface area contributed by atoms with Crippen molar-refractivity contribution in [2.24, 2.45) is 0 Å². The number of carbonyl (C=O) groups excluding carboxylic acids is 1. The van der Waals surface area contributed by atoms with Gasteiger partial charge in [-0.25, -0.2) is 0 Å². The van der Waals surface area contributed by atoms with Gasteiger partial charge in [0.2, 0.25) is 5.91 Å². The zero-order valence-corrected chi connectivity index (χ0v) is 16.5. The molecule has 0 spiro atoms. The molecule has 0 saturated carbocycles. The van der Waals surface area contributed by atoms with Crippen molar-refractivity contribution in [3.05, 3.63) is 60.2 Å². The quantitative estimate of drug-likeness (QED) is 0.742. The van der Waals surface area contributed by atoms with E-state index in [0.717, 1.165) is 24.9 Å². The van der Waals surface area contributed by atoms with Gasteiger partial charge in [-0.2, -0.15) is 5.26 Å². The van der Waals surface area contributed by atoms with Crippen LogP contribution in [0.5, 0.6) is 5.75 Å². The number of amides is 1. The summed E-state index contributed by atoms with van der Waals surface area (Å²) in [5, 5.41) is 11.3. The molecule has 146 valence electrons. The SMILES string of the molecule is CCC(=O)N(c1ccccc1)C1CCN(Oc2ccccc2C#N)C(CC)C1. The molecule has 0 aliphatic carbocycles. The lowest BCUT2D eigenvalue weighted by Crippen LogP contribution is -2.52. The van der Waals surface area contributed by atoms with Crippen molar-refractivity contribution < 1.29 is 9.63 Å². The first kappa shape index (κ1) is 19.9. The van der Waals surface area contributed by atoms with Gasteiger partial charge in [0.15, 0.2) is 5.75 Å². The molecule has 5 nitrogen and oxygen atoms in total. The summed E-state index contributed by atoms with van der Waals surface area (Å²) in [6.45, 7) is 4.75. The molecule has 2 aromatic rings. The monoisotopic (exact) mass is 377 g/mol. The Labute approximate surface area is 167 Å². The van der Waals surface area contributed by atoms with Gasteiger partial charge in [-0.15, -0.1) is 5.06 Å². The third-order valence-electron chi connectivity index (χ3n) is 5.30. The van der Waals surface area contributed by atoms with Gasteiger partial charge in [-0.1, -0.05) is 44.2 Å². The second-order valence-corrected chi connectivity index (χ2v) is 7.03. The molecule has 1 saturated heterocycles. The van der Waals surface area contributed by atoms with Gasteiger partial charge in [0.1, 0.15) is 6.07 Å². The third kappa shape index (κ3) is 4.35. The maximum Gasteiger partial charge on any atom is 0.226 e. The molecule has 2 atom stereocenters. The molecule has 0 radical (unpaired) electrons. The van der Waals surface area contributed by atoms with Crippen molar-refractivity contribution in [3.8, 4) is 11.8 Å². The van der Waals surface area contributed by atoms with E-state index in [4.69, 9.17) is 4.84 Å². The Bertz CT molecular complexity index is 831. The Hall–Kier alpha value is -2.84. The standard InChI is InChI=1S/C23H27N3O2/c1-3-19-16-21(26(23(27)4-2)20-11-6-5-7-12-20)14-15-25(19)28-22-13-9-8-10-18(22)17-24/h5-13,19,21H,3-4,14-16H2,1-2H3. The highest BCUT2D eigenvalue weighted by Crippen LogP contribution is 2.30. The van der Waals surface area contributed by atoms with E-state index in [1.165, 1.54) is 0 Å². The van der Waals surface area contributed by atoms with Crippen LogP contribution in [0.4, 0.5) is 5.69 Å². The predicted molar refractivity (Wildman–Crippen MR) is 110 cm³/mol. The summed E-state index contributed by atoms with van der Waals surface area (Å²) < 4.78 is 0. The number of nitrogens with zero attached hydrogens (tertiary/aromatic N) is 3. The molecule has 1 heterocycles. The van der Waals surface area contributed by atoms with Gasteiger partial charge >= 0.3 is 0 Å². The molecule has 0 bridgehead atoms. The molecule has 28 heavy (non-hydrogen) atoms. The zero-order chi connectivity index (χ0) is 19.9. The van der Waals surface area contributed by atoms with Crippen molar-refractivity contribution in [2.45, 2.75) is 51.6 Å². The Morgan fingerprint density at radius 2 is 1.89 bits per heavy atom. The molecule has 3 rings (SSSR count). The van der Waals surface area contributed by atoms with E-state index in [2.05, 4.69) is 13.0 Å². The Kier molecular flexibility index (Phi) is 6.67. The van der Waals surface area contributed by atoms with E-state index in [-0.39, 0.29) is 18.0 Å². The second-order valence-electron chi connectivity index (χ2n) is 7.03. The maximum atomic E-state index is 12.7. The summed E-state index contributed by atoms with van der Waals surface area (Å²) in [7, 11) is 0. The van der Waals surface area contributed by atoms with Crippen LogP contribution in [-0.4, -0.2) is 29.6 Å². The van der Waals surface area contributed by atoms with Crippen LogP contribution in [0.25, 0.3) is 0 Å². The fourth-order valence-corrected chi connectivity index (χ4v) is 3.82. The van der Waals surface area contributed by atoms with Crippen LogP contribution in [0.1, 0.15) is 45.1 Å². The van der Waals surface area contributed by atoms with Gasteiger partial charge in [-0.3, -0.25) is 4.79 Å². The largest absolute Gasteiger partial charge is 0.404 e. The molecular weight excluding hydrogens is 350 g/mol. The number of carbonyl (C=O) groups is 1. The van der Waals surface area contributed by atoms with E-state index in [0.29, 0.717) is 24.3 Å². The highest BCUT2D eigenvalue weighted by Gasteiger charge is 2.34. The summed E-state index contributed by atoms with van der Waals surface area (Å²) in [4.78, 5) is 20.8. The molecular formula is C23H27N3O2. The smallest absolute Gasteiger partial charge is 0.226 e. The number of para-hydroxylation sites is 2. The van der Waals surface area contributed by atoms with Crippen LogP contribution in [0.3, 0.4) is 0 Å². The lowest BCUT2D eigenvalue weighted by atomic mass is 9.95. The van der Waals surface area contributed by atoms with Crippen LogP contribution >= 0.6 is 0 Å². The van der Waals surface area contributed by atoms with Gasteiger partial charge in [0.25, 0.3) is 0 Å². The summed E-state index contributed by atoms with van der Waals surface area (Å²) in [6.07, 6.45) is 3.06. The van der Waals surface area contributed by atoms with Gasteiger partial charge < -0.3 is 9.74 Å². The van der Waals surface area contributed by atoms with Crippen molar-refractivity contribution in [1.29, 1.82) is 5.26 Å². The average molecular weight is 377 g/mol.